The van der Waals surface area contributed by atoms with Crippen LogP contribution in [0, 0.1) is 6.92 Å². The average Bonchev–Trinajstić information content (AvgIpc) is 2.15. The number of carboxylic acids is 1. The molecule has 0 spiro atoms. The SMILES string of the molecule is CCc1cccc(C)c1CCC(=O)O. The van der Waals surface area contributed by atoms with Gasteiger partial charge < -0.3 is 5.11 Å². The molecule has 0 amide bonds. The number of benzene rings is 1. The Hall–Kier alpha value is -1.31. The number of carboxylic acid groups (broad SMARTS) is 1. The Kier molecular flexibility index (Phi) is 3.69. The lowest BCUT2D eigenvalue weighted by Gasteiger charge is -2.09. The first kappa shape index (κ1) is 10.8. The maximum Gasteiger partial charge on any atom is 0.303 e. The van der Waals surface area contributed by atoms with Crippen LogP contribution in [0.25, 0.3) is 0 Å². The van der Waals surface area contributed by atoms with E-state index >= 15 is 0 Å². The topological polar surface area (TPSA) is 37.3 Å². The number of carbonyl (C=O) groups is 1. The normalized spacial score (nSPS) is 10.1. The minimum atomic E-state index is -0.727. The number of hydrogen-bond acceptors (Lipinski definition) is 1. The molecular weight excluding hydrogens is 176 g/mol. The molecule has 1 aromatic rings. The summed E-state index contributed by atoms with van der Waals surface area (Å²) >= 11 is 0. The fourth-order valence-electron chi connectivity index (χ4n) is 1.68. The molecular formula is C12H16O2. The highest BCUT2D eigenvalue weighted by Gasteiger charge is 2.06. The quantitative estimate of drug-likeness (QED) is 0.796. The first-order valence-electron chi connectivity index (χ1n) is 4.94. The molecule has 1 rings (SSSR count). The van der Waals surface area contributed by atoms with Crippen molar-refractivity contribution in [3.05, 3.63) is 34.9 Å². The van der Waals surface area contributed by atoms with E-state index in [-0.39, 0.29) is 6.42 Å². The highest BCUT2D eigenvalue weighted by molar-refractivity contribution is 5.67. The smallest absolute Gasteiger partial charge is 0.303 e. The number of rotatable bonds is 4. The zero-order chi connectivity index (χ0) is 10.6. The summed E-state index contributed by atoms with van der Waals surface area (Å²) in [5, 5.41) is 8.63. The Morgan fingerprint density at radius 2 is 2.14 bits per heavy atom. The number of hydrogen-bond donors (Lipinski definition) is 1. The van der Waals surface area contributed by atoms with Crippen molar-refractivity contribution in [2.75, 3.05) is 0 Å². The van der Waals surface area contributed by atoms with Crippen molar-refractivity contribution < 1.29 is 9.90 Å². The van der Waals surface area contributed by atoms with Crippen molar-refractivity contribution >= 4 is 5.97 Å². The van der Waals surface area contributed by atoms with Gasteiger partial charge in [0.1, 0.15) is 0 Å². The van der Waals surface area contributed by atoms with Crippen LogP contribution in [0.1, 0.15) is 30.0 Å². The van der Waals surface area contributed by atoms with E-state index in [1.165, 1.54) is 16.7 Å². The summed E-state index contributed by atoms with van der Waals surface area (Å²) in [6.07, 6.45) is 1.83. The van der Waals surface area contributed by atoms with Crippen LogP contribution in [0.3, 0.4) is 0 Å². The van der Waals surface area contributed by atoms with Gasteiger partial charge in [-0.05, 0) is 36.5 Å². The zero-order valence-electron chi connectivity index (χ0n) is 8.71. The van der Waals surface area contributed by atoms with E-state index < -0.39 is 5.97 Å². The van der Waals surface area contributed by atoms with Crippen molar-refractivity contribution in [2.45, 2.75) is 33.1 Å². The van der Waals surface area contributed by atoms with Crippen LogP contribution in [-0.4, -0.2) is 11.1 Å². The Balaban J connectivity index is 2.87. The summed E-state index contributed by atoms with van der Waals surface area (Å²) in [7, 11) is 0. The van der Waals surface area contributed by atoms with Gasteiger partial charge >= 0.3 is 5.97 Å². The molecule has 1 aromatic carbocycles. The van der Waals surface area contributed by atoms with Crippen molar-refractivity contribution in [1.29, 1.82) is 0 Å². The fraction of sp³-hybridized carbons (Fsp3) is 0.417. The summed E-state index contributed by atoms with van der Waals surface area (Å²) in [5.74, 6) is -0.727. The van der Waals surface area contributed by atoms with Gasteiger partial charge in [-0.25, -0.2) is 0 Å². The van der Waals surface area contributed by atoms with Crippen LogP contribution in [0.15, 0.2) is 18.2 Å². The van der Waals surface area contributed by atoms with Gasteiger partial charge in [0.25, 0.3) is 0 Å². The highest BCUT2D eigenvalue weighted by Crippen LogP contribution is 2.16. The van der Waals surface area contributed by atoms with Crippen LogP contribution in [0.4, 0.5) is 0 Å². The molecule has 1 N–H and O–H groups in total. The monoisotopic (exact) mass is 192 g/mol. The first-order chi connectivity index (χ1) is 6.65. The molecule has 0 aliphatic heterocycles. The molecule has 0 atom stereocenters. The van der Waals surface area contributed by atoms with Gasteiger partial charge in [0.05, 0.1) is 0 Å². The van der Waals surface area contributed by atoms with Gasteiger partial charge in [-0.15, -0.1) is 0 Å². The molecule has 0 heterocycles. The van der Waals surface area contributed by atoms with Crippen molar-refractivity contribution in [1.82, 2.24) is 0 Å². The van der Waals surface area contributed by atoms with Crippen molar-refractivity contribution in [2.24, 2.45) is 0 Å². The minimum absolute atomic E-state index is 0.220. The van der Waals surface area contributed by atoms with Crippen LogP contribution in [0.2, 0.25) is 0 Å². The molecule has 14 heavy (non-hydrogen) atoms. The molecule has 2 nitrogen and oxygen atoms in total. The molecule has 76 valence electrons. The van der Waals surface area contributed by atoms with Crippen molar-refractivity contribution in [3.8, 4) is 0 Å². The molecule has 0 bridgehead atoms. The van der Waals surface area contributed by atoms with Crippen LogP contribution >= 0.6 is 0 Å². The van der Waals surface area contributed by atoms with Crippen LogP contribution in [0.5, 0.6) is 0 Å². The van der Waals surface area contributed by atoms with E-state index in [2.05, 4.69) is 13.0 Å². The average molecular weight is 192 g/mol. The summed E-state index contributed by atoms with van der Waals surface area (Å²) in [6.45, 7) is 4.13. The molecule has 0 aliphatic carbocycles. The third kappa shape index (κ3) is 2.59. The van der Waals surface area contributed by atoms with Gasteiger partial charge in [0.2, 0.25) is 0 Å². The molecule has 0 aromatic heterocycles. The molecule has 0 aliphatic rings. The van der Waals surface area contributed by atoms with E-state index in [4.69, 9.17) is 5.11 Å². The van der Waals surface area contributed by atoms with Gasteiger partial charge in [0.15, 0.2) is 0 Å². The predicted molar refractivity (Wildman–Crippen MR) is 56.5 cm³/mol. The molecule has 0 radical (unpaired) electrons. The summed E-state index contributed by atoms with van der Waals surface area (Å²) in [5.41, 5.74) is 3.68. The number of aliphatic carboxylic acids is 1. The summed E-state index contributed by atoms with van der Waals surface area (Å²) < 4.78 is 0. The van der Waals surface area contributed by atoms with E-state index in [9.17, 15) is 4.79 Å². The maximum absolute atomic E-state index is 10.5. The molecule has 0 saturated carbocycles. The number of aryl methyl sites for hydroxylation is 2. The summed E-state index contributed by atoms with van der Waals surface area (Å²) in [4.78, 5) is 10.5. The van der Waals surface area contributed by atoms with Gasteiger partial charge in [-0.2, -0.15) is 0 Å². The first-order valence-corrected chi connectivity index (χ1v) is 4.94. The van der Waals surface area contributed by atoms with Gasteiger partial charge in [-0.3, -0.25) is 4.79 Å². The lowest BCUT2D eigenvalue weighted by molar-refractivity contribution is -0.136. The fourth-order valence-corrected chi connectivity index (χ4v) is 1.68. The molecule has 0 fully saturated rings. The van der Waals surface area contributed by atoms with E-state index in [0.717, 1.165) is 6.42 Å². The lowest BCUT2D eigenvalue weighted by atomic mass is 9.96. The third-order valence-electron chi connectivity index (χ3n) is 2.48. The minimum Gasteiger partial charge on any atom is -0.481 e. The Morgan fingerprint density at radius 3 is 2.71 bits per heavy atom. The van der Waals surface area contributed by atoms with E-state index in [1.807, 2.05) is 19.1 Å². The largest absolute Gasteiger partial charge is 0.481 e. The molecule has 0 unspecified atom stereocenters. The van der Waals surface area contributed by atoms with Crippen LogP contribution in [-0.2, 0) is 17.6 Å². The Morgan fingerprint density at radius 1 is 1.43 bits per heavy atom. The van der Waals surface area contributed by atoms with E-state index in [0.29, 0.717) is 6.42 Å². The maximum atomic E-state index is 10.5. The third-order valence-corrected chi connectivity index (χ3v) is 2.48. The molecule has 0 saturated heterocycles. The predicted octanol–water partition coefficient (Wildman–Crippen LogP) is 2.57. The molecule has 2 heteroatoms. The van der Waals surface area contributed by atoms with E-state index in [1.54, 1.807) is 0 Å². The second-order valence-corrected chi connectivity index (χ2v) is 3.46. The van der Waals surface area contributed by atoms with Gasteiger partial charge in [0, 0.05) is 6.42 Å². The second kappa shape index (κ2) is 4.80. The zero-order valence-corrected chi connectivity index (χ0v) is 8.71. The van der Waals surface area contributed by atoms with Crippen LogP contribution < -0.4 is 0 Å². The van der Waals surface area contributed by atoms with Gasteiger partial charge in [-0.1, -0.05) is 25.1 Å². The lowest BCUT2D eigenvalue weighted by Crippen LogP contribution is -2.02. The van der Waals surface area contributed by atoms with Crippen molar-refractivity contribution in [3.63, 3.8) is 0 Å². The highest BCUT2D eigenvalue weighted by atomic mass is 16.4. The Labute approximate surface area is 84.6 Å². The second-order valence-electron chi connectivity index (χ2n) is 3.46. The summed E-state index contributed by atoms with van der Waals surface area (Å²) in [6, 6.07) is 6.14. The standard InChI is InChI=1S/C12H16O2/c1-3-10-6-4-5-9(2)11(10)7-8-12(13)14/h4-6H,3,7-8H2,1-2H3,(H,13,14). The Bertz CT molecular complexity index is 329.